The summed E-state index contributed by atoms with van der Waals surface area (Å²) >= 11 is 1.52. The zero-order valence-corrected chi connectivity index (χ0v) is 14.3. The summed E-state index contributed by atoms with van der Waals surface area (Å²) in [5.74, 6) is 0.431. The molecule has 2 heterocycles. The van der Waals surface area contributed by atoms with E-state index >= 15 is 0 Å². The Morgan fingerprint density at radius 3 is 2.64 bits per heavy atom. The number of hydrogen-bond acceptors (Lipinski definition) is 5. The van der Waals surface area contributed by atoms with Crippen LogP contribution in [0, 0.1) is 11.3 Å². The van der Waals surface area contributed by atoms with Crippen LogP contribution in [0.15, 0.2) is 70.6 Å². The highest BCUT2D eigenvalue weighted by molar-refractivity contribution is 7.10. The average Bonchev–Trinajstić information content (AvgIpc) is 3.15. The van der Waals surface area contributed by atoms with E-state index in [1.165, 1.54) is 11.3 Å². The molecular formula is C20H16N2O2S. The standard InChI is InChI=1S/C20H16N2O2S/c21-11-14-18(17-7-4-8-25-17)19-15(23)9-13(10-16(19)24-20(14)22)12-5-2-1-3-6-12/h1-8,13,18H,9-10,22H2/t13-,18+/m0/s1. The molecule has 2 aliphatic rings. The van der Waals surface area contributed by atoms with Crippen LogP contribution >= 0.6 is 11.3 Å². The van der Waals surface area contributed by atoms with Gasteiger partial charge < -0.3 is 10.5 Å². The van der Waals surface area contributed by atoms with Crippen LogP contribution in [0.5, 0.6) is 0 Å². The van der Waals surface area contributed by atoms with Crippen LogP contribution < -0.4 is 5.73 Å². The van der Waals surface area contributed by atoms with Crippen molar-refractivity contribution < 1.29 is 9.53 Å². The smallest absolute Gasteiger partial charge is 0.205 e. The molecule has 25 heavy (non-hydrogen) atoms. The van der Waals surface area contributed by atoms with E-state index in [1.807, 2.05) is 47.8 Å². The SMILES string of the molecule is N#CC1=C(N)OC2=C(C(=O)C[C@H](c3ccccc3)C2)[C@H]1c1cccs1. The number of allylic oxidation sites excluding steroid dienone is 3. The number of hydrogen-bond donors (Lipinski definition) is 1. The van der Waals surface area contributed by atoms with Gasteiger partial charge >= 0.3 is 0 Å². The Morgan fingerprint density at radius 2 is 1.96 bits per heavy atom. The van der Waals surface area contributed by atoms with Crippen molar-refractivity contribution >= 4 is 17.1 Å². The summed E-state index contributed by atoms with van der Waals surface area (Å²) in [4.78, 5) is 13.9. The van der Waals surface area contributed by atoms with Gasteiger partial charge in [-0.15, -0.1) is 11.3 Å². The van der Waals surface area contributed by atoms with Gasteiger partial charge in [-0.1, -0.05) is 36.4 Å². The van der Waals surface area contributed by atoms with E-state index in [4.69, 9.17) is 10.5 Å². The fourth-order valence-corrected chi connectivity index (χ4v) is 4.45. The molecule has 0 saturated heterocycles. The van der Waals surface area contributed by atoms with Gasteiger partial charge in [-0.3, -0.25) is 4.79 Å². The zero-order valence-electron chi connectivity index (χ0n) is 13.4. The number of carbonyl (C=O) groups excluding carboxylic acids is 1. The number of carbonyl (C=O) groups is 1. The number of Topliss-reactive ketones (excluding diaryl/α,β-unsaturated/α-hetero) is 1. The first kappa shape index (κ1) is 15.7. The second-order valence-electron chi connectivity index (χ2n) is 6.22. The van der Waals surface area contributed by atoms with Gasteiger partial charge in [-0.2, -0.15) is 5.26 Å². The molecule has 0 spiro atoms. The molecule has 4 rings (SSSR count). The fourth-order valence-electron chi connectivity index (χ4n) is 3.61. The maximum Gasteiger partial charge on any atom is 0.205 e. The highest BCUT2D eigenvalue weighted by Gasteiger charge is 2.41. The monoisotopic (exact) mass is 348 g/mol. The van der Waals surface area contributed by atoms with Crippen molar-refractivity contribution in [3.05, 3.63) is 81.1 Å². The summed E-state index contributed by atoms with van der Waals surface area (Å²) in [5.41, 5.74) is 8.06. The first-order valence-electron chi connectivity index (χ1n) is 8.11. The average molecular weight is 348 g/mol. The van der Waals surface area contributed by atoms with Gasteiger partial charge in [0.1, 0.15) is 17.4 Å². The van der Waals surface area contributed by atoms with Crippen molar-refractivity contribution in [2.45, 2.75) is 24.7 Å². The van der Waals surface area contributed by atoms with Gasteiger partial charge in [0.05, 0.1) is 5.92 Å². The topological polar surface area (TPSA) is 76.1 Å². The van der Waals surface area contributed by atoms with E-state index in [2.05, 4.69) is 6.07 Å². The molecule has 124 valence electrons. The Labute approximate surface area is 149 Å². The van der Waals surface area contributed by atoms with Gasteiger partial charge in [-0.05, 0) is 22.9 Å². The van der Waals surface area contributed by atoms with Crippen molar-refractivity contribution in [2.24, 2.45) is 5.73 Å². The normalized spacial score (nSPS) is 23.1. The van der Waals surface area contributed by atoms with Crippen molar-refractivity contribution in [1.82, 2.24) is 0 Å². The third-order valence-corrected chi connectivity index (χ3v) is 5.70. The highest BCUT2D eigenvalue weighted by Crippen LogP contribution is 2.47. The van der Waals surface area contributed by atoms with Crippen molar-refractivity contribution in [3.8, 4) is 6.07 Å². The maximum atomic E-state index is 13.0. The molecule has 0 radical (unpaired) electrons. The molecule has 1 aromatic heterocycles. The number of nitrogens with two attached hydrogens (primary N) is 1. The quantitative estimate of drug-likeness (QED) is 0.891. The van der Waals surface area contributed by atoms with E-state index in [-0.39, 0.29) is 17.6 Å². The number of rotatable bonds is 2. The Balaban J connectivity index is 1.78. The summed E-state index contributed by atoms with van der Waals surface area (Å²) in [7, 11) is 0. The summed E-state index contributed by atoms with van der Waals surface area (Å²) in [6.07, 6.45) is 1.04. The van der Waals surface area contributed by atoms with Crippen LogP contribution in [-0.2, 0) is 9.53 Å². The van der Waals surface area contributed by atoms with Gasteiger partial charge in [-0.25, -0.2) is 0 Å². The number of nitrogens with zero attached hydrogens (tertiary/aromatic N) is 1. The minimum absolute atomic E-state index is 0.0359. The molecule has 1 aromatic carbocycles. The Bertz CT molecular complexity index is 920. The van der Waals surface area contributed by atoms with Crippen LogP contribution in [0.2, 0.25) is 0 Å². The molecule has 5 heteroatoms. The predicted octanol–water partition coefficient (Wildman–Crippen LogP) is 3.96. The molecule has 2 aromatic rings. The predicted molar refractivity (Wildman–Crippen MR) is 95.4 cm³/mol. The minimum Gasteiger partial charge on any atom is -0.444 e. The molecule has 0 saturated carbocycles. The largest absolute Gasteiger partial charge is 0.444 e. The van der Waals surface area contributed by atoms with E-state index in [9.17, 15) is 10.1 Å². The Hall–Kier alpha value is -2.84. The van der Waals surface area contributed by atoms with Crippen molar-refractivity contribution in [1.29, 1.82) is 5.26 Å². The molecule has 0 unspecified atom stereocenters. The molecule has 0 amide bonds. The second-order valence-corrected chi connectivity index (χ2v) is 7.20. The van der Waals surface area contributed by atoms with Crippen LogP contribution in [-0.4, -0.2) is 5.78 Å². The fraction of sp³-hybridized carbons (Fsp3) is 0.200. The number of ether oxygens (including phenoxy) is 1. The molecule has 1 aliphatic carbocycles. The Kier molecular flexibility index (Phi) is 3.90. The van der Waals surface area contributed by atoms with Gasteiger partial charge in [0, 0.05) is 23.3 Å². The summed E-state index contributed by atoms with van der Waals surface area (Å²) in [5, 5.41) is 11.5. The van der Waals surface area contributed by atoms with Gasteiger partial charge in [0.15, 0.2) is 5.78 Å². The van der Waals surface area contributed by atoms with Crippen molar-refractivity contribution in [2.75, 3.05) is 0 Å². The van der Waals surface area contributed by atoms with Crippen LogP contribution in [0.1, 0.15) is 35.1 Å². The third-order valence-electron chi connectivity index (χ3n) is 4.76. The molecular weight excluding hydrogens is 332 g/mol. The summed E-state index contributed by atoms with van der Waals surface area (Å²) in [6.45, 7) is 0. The molecule has 4 nitrogen and oxygen atoms in total. The molecule has 0 bridgehead atoms. The number of ketones is 1. The first-order chi connectivity index (χ1) is 12.2. The minimum atomic E-state index is -0.405. The van der Waals surface area contributed by atoms with Gasteiger partial charge in [0.2, 0.25) is 5.88 Å². The van der Waals surface area contributed by atoms with Crippen LogP contribution in [0.3, 0.4) is 0 Å². The molecule has 2 N–H and O–H groups in total. The molecule has 2 atom stereocenters. The van der Waals surface area contributed by atoms with E-state index in [1.54, 1.807) is 0 Å². The zero-order chi connectivity index (χ0) is 17.4. The number of benzene rings is 1. The van der Waals surface area contributed by atoms with E-state index in [0.717, 1.165) is 10.4 Å². The van der Waals surface area contributed by atoms with Crippen LogP contribution in [0.4, 0.5) is 0 Å². The lowest BCUT2D eigenvalue weighted by Gasteiger charge is -2.33. The van der Waals surface area contributed by atoms with E-state index in [0.29, 0.717) is 29.7 Å². The maximum absolute atomic E-state index is 13.0. The second kappa shape index (κ2) is 6.23. The lowest BCUT2D eigenvalue weighted by Crippen LogP contribution is -2.29. The molecule has 0 fully saturated rings. The number of thiophene rings is 1. The Morgan fingerprint density at radius 1 is 1.16 bits per heavy atom. The summed E-state index contributed by atoms with van der Waals surface area (Å²) < 4.78 is 5.74. The number of nitriles is 1. The third kappa shape index (κ3) is 2.65. The highest BCUT2D eigenvalue weighted by atomic mass is 32.1. The van der Waals surface area contributed by atoms with Crippen LogP contribution in [0.25, 0.3) is 0 Å². The van der Waals surface area contributed by atoms with E-state index < -0.39 is 5.92 Å². The van der Waals surface area contributed by atoms with Gasteiger partial charge in [0.25, 0.3) is 0 Å². The lowest BCUT2D eigenvalue weighted by molar-refractivity contribution is -0.117. The lowest BCUT2D eigenvalue weighted by atomic mass is 9.75. The first-order valence-corrected chi connectivity index (χ1v) is 8.99. The summed E-state index contributed by atoms with van der Waals surface area (Å²) in [6, 6.07) is 16.0. The molecule has 1 aliphatic heterocycles. The van der Waals surface area contributed by atoms with Crippen molar-refractivity contribution in [3.63, 3.8) is 0 Å².